The van der Waals surface area contributed by atoms with E-state index >= 15 is 0 Å². The highest BCUT2D eigenvalue weighted by atomic mass is 15.3. The van der Waals surface area contributed by atoms with Crippen molar-refractivity contribution in [3.8, 4) is 0 Å². The average Bonchev–Trinajstić information content (AvgIpc) is 3.30. The second-order valence-corrected chi connectivity index (χ2v) is 5.84. The molecular weight excluding hydrogens is 222 g/mol. The van der Waals surface area contributed by atoms with E-state index in [1.54, 1.807) is 0 Å². The van der Waals surface area contributed by atoms with Crippen molar-refractivity contribution in [3.05, 3.63) is 35.4 Å². The lowest BCUT2D eigenvalue weighted by molar-refractivity contribution is 0.656. The molecule has 0 bridgehead atoms. The van der Waals surface area contributed by atoms with Gasteiger partial charge in [0.2, 0.25) is 0 Å². The van der Waals surface area contributed by atoms with Crippen molar-refractivity contribution in [1.82, 2.24) is 5.43 Å². The molecule has 1 aromatic carbocycles. The molecule has 0 aromatic heterocycles. The summed E-state index contributed by atoms with van der Waals surface area (Å²) in [5.74, 6) is 8.74. The molecule has 0 saturated heterocycles. The normalized spacial score (nSPS) is 33.6. The lowest BCUT2D eigenvalue weighted by Gasteiger charge is -2.13. The molecule has 3 aliphatic rings. The number of rotatable bonds is 2. The fourth-order valence-corrected chi connectivity index (χ4v) is 3.56. The molecule has 4 rings (SSSR count). The Balaban J connectivity index is 1.64. The van der Waals surface area contributed by atoms with Gasteiger partial charge in [0.05, 0.1) is 6.04 Å². The lowest BCUT2D eigenvalue weighted by atomic mass is 9.92. The maximum Gasteiger partial charge on any atom is 0.115 e. The van der Waals surface area contributed by atoms with E-state index in [0.29, 0.717) is 17.9 Å². The zero-order chi connectivity index (χ0) is 12.1. The van der Waals surface area contributed by atoms with E-state index in [-0.39, 0.29) is 0 Å². The Kier molecular flexibility index (Phi) is 2.24. The molecule has 0 amide bonds. The summed E-state index contributed by atoms with van der Waals surface area (Å²) in [6.07, 6.45) is 4.99. The third kappa shape index (κ3) is 1.57. The Labute approximate surface area is 107 Å². The minimum absolute atomic E-state index is 0.550. The Morgan fingerprint density at radius 1 is 1.22 bits per heavy atom. The minimum Gasteiger partial charge on any atom is -0.312 e. The number of nitrogens with zero attached hydrogens (tertiary/aromatic N) is 1. The van der Waals surface area contributed by atoms with Crippen LogP contribution in [0.25, 0.3) is 0 Å². The van der Waals surface area contributed by atoms with Gasteiger partial charge >= 0.3 is 0 Å². The van der Waals surface area contributed by atoms with Crippen LogP contribution in [0.2, 0.25) is 0 Å². The lowest BCUT2D eigenvalue weighted by Crippen LogP contribution is -2.33. The third-order valence-electron chi connectivity index (χ3n) is 4.66. The Morgan fingerprint density at radius 3 is 2.83 bits per heavy atom. The van der Waals surface area contributed by atoms with Crippen molar-refractivity contribution in [2.24, 2.45) is 22.7 Å². The molecule has 3 aliphatic carbocycles. The van der Waals surface area contributed by atoms with E-state index in [1.807, 2.05) is 0 Å². The summed E-state index contributed by atoms with van der Waals surface area (Å²) in [5, 5.41) is 0. The zero-order valence-corrected chi connectivity index (χ0v) is 10.5. The van der Waals surface area contributed by atoms with Gasteiger partial charge in [-0.25, -0.2) is 5.84 Å². The number of aryl methyl sites for hydroxylation is 1. The molecule has 2 fully saturated rings. The van der Waals surface area contributed by atoms with E-state index in [0.717, 1.165) is 11.8 Å². The van der Waals surface area contributed by atoms with E-state index < -0.39 is 0 Å². The van der Waals surface area contributed by atoms with Gasteiger partial charge in [-0.05, 0) is 48.6 Å². The molecule has 2 saturated carbocycles. The zero-order valence-electron chi connectivity index (χ0n) is 10.5. The summed E-state index contributed by atoms with van der Waals surface area (Å²) in [7, 11) is 0. The predicted octanol–water partition coefficient (Wildman–Crippen LogP) is 1.99. The number of benzene rings is 1. The highest BCUT2D eigenvalue weighted by Crippen LogP contribution is 2.60. The Hall–Kier alpha value is -1.35. The number of hydrogen-bond acceptors (Lipinski definition) is 2. The number of hydrazine groups is 1. The minimum atomic E-state index is 0.550. The second-order valence-electron chi connectivity index (χ2n) is 5.84. The first-order valence-electron chi connectivity index (χ1n) is 7.00. The summed E-state index contributed by atoms with van der Waals surface area (Å²) in [6, 6.07) is 9.42. The maximum atomic E-state index is 5.68. The topological polar surface area (TPSA) is 50.4 Å². The summed E-state index contributed by atoms with van der Waals surface area (Å²) in [6.45, 7) is 0. The summed E-state index contributed by atoms with van der Waals surface area (Å²) >= 11 is 0. The molecule has 3 heteroatoms. The van der Waals surface area contributed by atoms with Crippen LogP contribution in [-0.2, 0) is 6.42 Å². The van der Waals surface area contributed by atoms with Gasteiger partial charge in [0.1, 0.15) is 5.84 Å². The van der Waals surface area contributed by atoms with E-state index in [4.69, 9.17) is 10.8 Å². The summed E-state index contributed by atoms with van der Waals surface area (Å²) < 4.78 is 0. The number of hydrogen-bond donors (Lipinski definition) is 2. The highest BCUT2D eigenvalue weighted by Gasteiger charge is 2.55. The van der Waals surface area contributed by atoms with E-state index in [1.165, 1.54) is 36.8 Å². The van der Waals surface area contributed by atoms with Crippen LogP contribution in [0.3, 0.4) is 0 Å². The van der Waals surface area contributed by atoms with Crippen LogP contribution in [0.4, 0.5) is 0 Å². The van der Waals surface area contributed by atoms with Crippen LogP contribution in [0.1, 0.15) is 36.3 Å². The molecule has 1 aromatic rings. The molecule has 94 valence electrons. The molecular formula is C15H19N3. The standard InChI is InChI=1S/C15H19N3/c16-18-15(17-10-6-7-10)14-12-8-5-9-3-1-2-4-11(9)13(12)14/h1-4,10,12-14H,5-8,16H2,(H,17,18). The quantitative estimate of drug-likeness (QED) is 0.360. The molecule has 18 heavy (non-hydrogen) atoms. The van der Waals surface area contributed by atoms with Crippen molar-refractivity contribution < 1.29 is 0 Å². The Bertz CT molecular complexity index is 504. The summed E-state index contributed by atoms with van der Waals surface area (Å²) in [4.78, 5) is 4.75. The molecule has 3 nitrogen and oxygen atoms in total. The fraction of sp³-hybridized carbons (Fsp3) is 0.533. The van der Waals surface area contributed by atoms with Crippen molar-refractivity contribution >= 4 is 5.84 Å². The summed E-state index contributed by atoms with van der Waals surface area (Å²) in [5.41, 5.74) is 5.94. The predicted molar refractivity (Wildman–Crippen MR) is 72.3 cm³/mol. The molecule has 0 radical (unpaired) electrons. The molecule has 3 N–H and O–H groups in total. The van der Waals surface area contributed by atoms with Crippen molar-refractivity contribution in [3.63, 3.8) is 0 Å². The van der Waals surface area contributed by atoms with Crippen LogP contribution in [0, 0.1) is 11.8 Å². The van der Waals surface area contributed by atoms with Crippen molar-refractivity contribution in [1.29, 1.82) is 0 Å². The average molecular weight is 241 g/mol. The van der Waals surface area contributed by atoms with Crippen molar-refractivity contribution in [2.45, 2.75) is 37.6 Å². The van der Waals surface area contributed by atoms with Crippen LogP contribution in [-0.4, -0.2) is 11.9 Å². The molecule has 0 aliphatic heterocycles. The van der Waals surface area contributed by atoms with Gasteiger partial charge in [-0.15, -0.1) is 0 Å². The van der Waals surface area contributed by atoms with Gasteiger partial charge in [-0.1, -0.05) is 24.3 Å². The van der Waals surface area contributed by atoms with Gasteiger partial charge < -0.3 is 5.43 Å². The third-order valence-corrected chi connectivity index (χ3v) is 4.66. The number of aliphatic imine (C=N–C) groups is 1. The molecule has 3 unspecified atom stereocenters. The molecule has 0 heterocycles. The molecule has 3 atom stereocenters. The number of amidine groups is 1. The van der Waals surface area contributed by atoms with Gasteiger partial charge in [0.25, 0.3) is 0 Å². The van der Waals surface area contributed by atoms with Gasteiger partial charge in [0.15, 0.2) is 0 Å². The first kappa shape index (κ1) is 10.6. The SMILES string of the molecule is NNC(=NC1CC1)C1C2CCc3ccccc3C21. The van der Waals surface area contributed by atoms with Gasteiger partial charge in [-0.3, -0.25) is 4.99 Å². The van der Waals surface area contributed by atoms with Crippen LogP contribution >= 0.6 is 0 Å². The smallest absolute Gasteiger partial charge is 0.115 e. The second kappa shape index (κ2) is 3.82. The maximum absolute atomic E-state index is 5.68. The number of nitrogens with two attached hydrogens (primary N) is 1. The van der Waals surface area contributed by atoms with Crippen LogP contribution < -0.4 is 11.3 Å². The fourth-order valence-electron chi connectivity index (χ4n) is 3.56. The van der Waals surface area contributed by atoms with E-state index in [2.05, 4.69) is 29.7 Å². The van der Waals surface area contributed by atoms with Crippen molar-refractivity contribution in [2.75, 3.05) is 0 Å². The highest BCUT2D eigenvalue weighted by molar-refractivity contribution is 5.89. The largest absolute Gasteiger partial charge is 0.312 e. The first-order chi connectivity index (χ1) is 8.88. The monoisotopic (exact) mass is 241 g/mol. The number of fused-ring (bicyclic) bond motifs is 3. The number of nitrogens with one attached hydrogen (secondary N) is 1. The van der Waals surface area contributed by atoms with Crippen LogP contribution in [0.15, 0.2) is 29.3 Å². The van der Waals surface area contributed by atoms with Crippen LogP contribution in [0.5, 0.6) is 0 Å². The Morgan fingerprint density at radius 2 is 2.06 bits per heavy atom. The molecule has 0 spiro atoms. The van der Waals surface area contributed by atoms with E-state index in [9.17, 15) is 0 Å². The van der Waals surface area contributed by atoms with Gasteiger partial charge in [-0.2, -0.15) is 0 Å². The first-order valence-corrected chi connectivity index (χ1v) is 7.00. The van der Waals surface area contributed by atoms with Gasteiger partial charge in [0, 0.05) is 5.92 Å².